The molecule has 2 saturated heterocycles. The molecule has 144 valence electrons. The first-order chi connectivity index (χ1) is 13.1. The van der Waals surface area contributed by atoms with Crippen LogP contribution in [0, 0.1) is 5.92 Å². The summed E-state index contributed by atoms with van der Waals surface area (Å²) in [4.78, 5) is 19.2. The molecular formula is C19H23N3O3S2. The molecule has 4 heterocycles. The summed E-state index contributed by atoms with van der Waals surface area (Å²) in [6.07, 6.45) is 6.12. The van der Waals surface area contributed by atoms with Crippen molar-refractivity contribution < 1.29 is 13.2 Å². The fourth-order valence-corrected chi connectivity index (χ4v) is 6.21. The largest absolute Gasteiger partial charge is 0.335 e. The second-order valence-corrected chi connectivity index (χ2v) is 9.83. The molecule has 2 aromatic heterocycles. The molecule has 1 amide bonds. The first-order valence-corrected chi connectivity index (χ1v) is 11.7. The molecule has 0 aliphatic carbocycles. The second-order valence-electron chi connectivity index (χ2n) is 7.11. The van der Waals surface area contributed by atoms with Gasteiger partial charge < -0.3 is 4.90 Å². The fraction of sp³-hybridized carbons (Fsp3) is 0.474. The SMILES string of the molecule is O=C(C1CCN(S(=O)(=O)c2cccnc2)CC1)N1CCC[C@H]1c1ccsc1. The van der Waals surface area contributed by atoms with Gasteiger partial charge in [0.2, 0.25) is 15.9 Å². The number of amides is 1. The Morgan fingerprint density at radius 2 is 1.96 bits per heavy atom. The topological polar surface area (TPSA) is 70.6 Å². The first kappa shape index (κ1) is 18.6. The number of hydrogen-bond acceptors (Lipinski definition) is 5. The van der Waals surface area contributed by atoms with Crippen LogP contribution in [-0.2, 0) is 14.8 Å². The van der Waals surface area contributed by atoms with E-state index in [0.717, 1.165) is 19.4 Å². The number of thiophene rings is 1. The summed E-state index contributed by atoms with van der Waals surface area (Å²) >= 11 is 1.66. The molecule has 0 radical (unpaired) electrons. The van der Waals surface area contributed by atoms with Crippen LogP contribution in [0.1, 0.15) is 37.3 Å². The third-order valence-corrected chi connectivity index (χ3v) is 8.12. The van der Waals surface area contributed by atoms with E-state index in [4.69, 9.17) is 0 Å². The van der Waals surface area contributed by atoms with Crippen LogP contribution in [0.25, 0.3) is 0 Å². The Bertz CT molecular complexity index is 876. The van der Waals surface area contributed by atoms with Crippen molar-refractivity contribution in [3.63, 3.8) is 0 Å². The van der Waals surface area contributed by atoms with E-state index in [1.54, 1.807) is 29.7 Å². The van der Waals surface area contributed by atoms with Crippen molar-refractivity contribution in [1.82, 2.24) is 14.2 Å². The number of hydrogen-bond donors (Lipinski definition) is 0. The summed E-state index contributed by atoms with van der Waals surface area (Å²) in [5, 5.41) is 4.18. The molecule has 6 nitrogen and oxygen atoms in total. The molecule has 0 unspecified atom stereocenters. The molecule has 27 heavy (non-hydrogen) atoms. The summed E-state index contributed by atoms with van der Waals surface area (Å²) in [6.45, 7) is 1.56. The van der Waals surface area contributed by atoms with Gasteiger partial charge in [-0.05, 0) is 60.2 Å². The minimum Gasteiger partial charge on any atom is -0.335 e. The molecule has 0 N–H and O–H groups in total. The van der Waals surface area contributed by atoms with Crippen LogP contribution in [0.5, 0.6) is 0 Å². The molecular weight excluding hydrogens is 382 g/mol. The summed E-state index contributed by atoms with van der Waals surface area (Å²) in [5.74, 6) is 0.0895. The predicted octanol–water partition coefficient (Wildman–Crippen LogP) is 2.91. The average molecular weight is 406 g/mol. The molecule has 1 atom stereocenters. The maximum Gasteiger partial charge on any atom is 0.244 e. The van der Waals surface area contributed by atoms with Crippen LogP contribution in [0.3, 0.4) is 0 Å². The monoisotopic (exact) mass is 405 g/mol. The minimum absolute atomic E-state index is 0.0930. The highest BCUT2D eigenvalue weighted by atomic mass is 32.2. The second kappa shape index (κ2) is 7.69. The lowest BCUT2D eigenvalue weighted by Crippen LogP contribution is -2.44. The van der Waals surface area contributed by atoms with Gasteiger partial charge in [-0.1, -0.05) is 0 Å². The Balaban J connectivity index is 1.41. The van der Waals surface area contributed by atoms with E-state index in [0.29, 0.717) is 25.9 Å². The summed E-state index contributed by atoms with van der Waals surface area (Å²) < 4.78 is 26.9. The maximum absolute atomic E-state index is 13.1. The molecule has 8 heteroatoms. The van der Waals surface area contributed by atoms with Crippen LogP contribution >= 0.6 is 11.3 Å². The highest BCUT2D eigenvalue weighted by molar-refractivity contribution is 7.89. The van der Waals surface area contributed by atoms with E-state index >= 15 is 0 Å². The molecule has 0 aromatic carbocycles. The van der Waals surface area contributed by atoms with Crippen molar-refractivity contribution >= 4 is 27.3 Å². The molecule has 4 rings (SSSR count). The van der Waals surface area contributed by atoms with Crippen LogP contribution in [-0.4, -0.2) is 48.1 Å². The van der Waals surface area contributed by atoms with Crippen LogP contribution in [0.15, 0.2) is 46.2 Å². The van der Waals surface area contributed by atoms with Gasteiger partial charge in [0.25, 0.3) is 0 Å². The molecule has 0 spiro atoms. The Labute approximate surface area is 163 Å². The Morgan fingerprint density at radius 3 is 2.63 bits per heavy atom. The van der Waals surface area contributed by atoms with Crippen molar-refractivity contribution in [2.24, 2.45) is 5.92 Å². The van der Waals surface area contributed by atoms with E-state index in [1.165, 1.54) is 16.1 Å². The Hall–Kier alpha value is -1.77. The number of aromatic nitrogens is 1. The maximum atomic E-state index is 13.1. The number of piperidine rings is 1. The van der Waals surface area contributed by atoms with Crippen molar-refractivity contribution in [1.29, 1.82) is 0 Å². The van der Waals surface area contributed by atoms with Crippen molar-refractivity contribution in [3.05, 3.63) is 46.9 Å². The van der Waals surface area contributed by atoms with E-state index in [1.807, 2.05) is 4.90 Å². The number of pyridine rings is 1. The van der Waals surface area contributed by atoms with E-state index in [9.17, 15) is 13.2 Å². The van der Waals surface area contributed by atoms with Crippen molar-refractivity contribution in [2.45, 2.75) is 36.6 Å². The highest BCUT2D eigenvalue weighted by Gasteiger charge is 2.37. The molecule has 0 saturated carbocycles. The smallest absolute Gasteiger partial charge is 0.244 e. The average Bonchev–Trinajstić information content (AvgIpc) is 3.39. The van der Waals surface area contributed by atoms with Crippen molar-refractivity contribution in [2.75, 3.05) is 19.6 Å². The normalized spacial score (nSPS) is 22.2. The van der Waals surface area contributed by atoms with Gasteiger partial charge >= 0.3 is 0 Å². The lowest BCUT2D eigenvalue weighted by molar-refractivity contribution is -0.137. The molecule has 0 bridgehead atoms. The minimum atomic E-state index is -3.53. The summed E-state index contributed by atoms with van der Waals surface area (Å²) in [7, 11) is -3.53. The van der Waals surface area contributed by atoms with Crippen LogP contribution in [0.2, 0.25) is 0 Å². The van der Waals surface area contributed by atoms with Gasteiger partial charge in [0.1, 0.15) is 4.90 Å². The van der Waals surface area contributed by atoms with E-state index in [-0.39, 0.29) is 22.8 Å². The quantitative estimate of drug-likeness (QED) is 0.784. The summed E-state index contributed by atoms with van der Waals surface area (Å²) in [6, 6.07) is 5.47. The standard InChI is InChI=1S/C19H23N3O3S2/c23-19(22-9-2-4-18(22)16-7-12-26-14-16)15-5-10-21(11-6-15)27(24,25)17-3-1-8-20-13-17/h1,3,7-8,12-15,18H,2,4-6,9-11H2/t18-/m0/s1. The number of rotatable bonds is 4. The fourth-order valence-electron chi connectivity index (χ4n) is 4.07. The number of likely N-dealkylation sites (tertiary alicyclic amines) is 1. The zero-order valence-corrected chi connectivity index (χ0v) is 16.7. The zero-order chi connectivity index (χ0) is 18.9. The zero-order valence-electron chi connectivity index (χ0n) is 15.0. The van der Waals surface area contributed by atoms with Gasteiger partial charge in [0, 0.05) is 37.9 Å². The van der Waals surface area contributed by atoms with Crippen molar-refractivity contribution in [3.8, 4) is 0 Å². The summed E-state index contributed by atoms with van der Waals surface area (Å²) in [5.41, 5.74) is 1.22. The highest BCUT2D eigenvalue weighted by Crippen LogP contribution is 2.35. The molecule has 2 aliphatic rings. The van der Waals surface area contributed by atoms with Gasteiger partial charge in [-0.25, -0.2) is 8.42 Å². The van der Waals surface area contributed by atoms with Gasteiger partial charge in [-0.2, -0.15) is 15.6 Å². The molecule has 2 aliphatic heterocycles. The van der Waals surface area contributed by atoms with Gasteiger partial charge in [-0.3, -0.25) is 9.78 Å². The van der Waals surface area contributed by atoms with Gasteiger partial charge in [0.05, 0.1) is 6.04 Å². The Kier molecular flexibility index (Phi) is 5.29. The van der Waals surface area contributed by atoms with Gasteiger partial charge in [0.15, 0.2) is 0 Å². The van der Waals surface area contributed by atoms with E-state index < -0.39 is 10.0 Å². The number of carbonyl (C=O) groups is 1. The predicted molar refractivity (Wildman–Crippen MR) is 104 cm³/mol. The van der Waals surface area contributed by atoms with E-state index in [2.05, 4.69) is 21.8 Å². The Morgan fingerprint density at radius 1 is 1.15 bits per heavy atom. The molecule has 2 aromatic rings. The third kappa shape index (κ3) is 3.66. The molecule has 2 fully saturated rings. The number of carbonyl (C=O) groups excluding carboxylic acids is 1. The lowest BCUT2D eigenvalue weighted by Gasteiger charge is -2.34. The number of nitrogens with zero attached hydrogens (tertiary/aromatic N) is 3. The van der Waals surface area contributed by atoms with Gasteiger partial charge in [-0.15, -0.1) is 0 Å². The van der Waals surface area contributed by atoms with Crippen LogP contribution < -0.4 is 0 Å². The third-order valence-electron chi connectivity index (χ3n) is 5.54. The van der Waals surface area contributed by atoms with Crippen LogP contribution in [0.4, 0.5) is 0 Å². The lowest BCUT2D eigenvalue weighted by atomic mass is 9.95. The number of sulfonamides is 1. The first-order valence-electron chi connectivity index (χ1n) is 9.30.